The Morgan fingerprint density at radius 2 is 2.19 bits per heavy atom. The van der Waals surface area contributed by atoms with Crippen molar-refractivity contribution in [3.05, 3.63) is 29.6 Å². The third kappa shape index (κ3) is 3.56. The number of amides is 2. The minimum absolute atomic E-state index is 0.0616. The van der Waals surface area contributed by atoms with E-state index < -0.39 is 11.9 Å². The molecular formula is C14H17N3O4. The van der Waals surface area contributed by atoms with Crippen LogP contribution in [0.2, 0.25) is 0 Å². The van der Waals surface area contributed by atoms with Gasteiger partial charge in [-0.3, -0.25) is 14.6 Å². The maximum absolute atomic E-state index is 12.4. The number of hydrogen-bond donors (Lipinski definition) is 2. The molecule has 0 aromatic carbocycles. The third-order valence-electron chi connectivity index (χ3n) is 3.36. The van der Waals surface area contributed by atoms with E-state index in [-0.39, 0.29) is 23.2 Å². The molecule has 21 heavy (non-hydrogen) atoms. The lowest BCUT2D eigenvalue weighted by atomic mass is 10.0. The number of carboxylic acid groups (broad SMARTS) is 1. The number of carboxylic acids is 1. The van der Waals surface area contributed by atoms with Gasteiger partial charge in [0.25, 0.3) is 5.91 Å². The molecule has 0 radical (unpaired) electrons. The molecular weight excluding hydrogens is 274 g/mol. The quantitative estimate of drug-likeness (QED) is 0.845. The van der Waals surface area contributed by atoms with Gasteiger partial charge in [0.15, 0.2) is 0 Å². The Kier molecular flexibility index (Phi) is 4.52. The molecule has 2 N–H and O–H groups in total. The maximum Gasteiger partial charge on any atom is 0.338 e. The number of carbonyl (C=O) groups excluding carboxylic acids is 2. The first-order valence-corrected chi connectivity index (χ1v) is 6.73. The summed E-state index contributed by atoms with van der Waals surface area (Å²) in [5, 5.41) is 11.9. The Bertz CT molecular complexity index is 573. The second-order valence-electron chi connectivity index (χ2n) is 5.00. The number of nitrogens with one attached hydrogen (secondary N) is 1. The third-order valence-corrected chi connectivity index (χ3v) is 3.36. The molecule has 112 valence electrons. The largest absolute Gasteiger partial charge is 0.478 e. The lowest BCUT2D eigenvalue weighted by molar-refractivity contribution is -0.120. The topological polar surface area (TPSA) is 99.6 Å². The molecule has 1 aliphatic heterocycles. The summed E-state index contributed by atoms with van der Waals surface area (Å²) >= 11 is 0. The molecule has 1 aliphatic rings. The van der Waals surface area contributed by atoms with Crippen molar-refractivity contribution in [3.8, 4) is 0 Å². The van der Waals surface area contributed by atoms with E-state index in [1.807, 2.05) is 0 Å². The summed E-state index contributed by atoms with van der Waals surface area (Å²) in [5.41, 5.74) is -0.169. The number of hydrogen-bond acceptors (Lipinski definition) is 4. The van der Waals surface area contributed by atoms with Gasteiger partial charge in [0, 0.05) is 32.3 Å². The summed E-state index contributed by atoms with van der Waals surface area (Å²) in [5.74, 6) is -1.73. The van der Waals surface area contributed by atoms with Gasteiger partial charge in [-0.15, -0.1) is 0 Å². The average Bonchev–Trinajstić information content (AvgIpc) is 2.46. The highest BCUT2D eigenvalue weighted by molar-refractivity contribution is 6.03. The molecule has 0 bridgehead atoms. The summed E-state index contributed by atoms with van der Waals surface area (Å²) < 4.78 is 0. The predicted molar refractivity (Wildman–Crippen MR) is 73.9 cm³/mol. The lowest BCUT2D eigenvalue weighted by Crippen LogP contribution is -2.49. The Morgan fingerprint density at radius 1 is 1.43 bits per heavy atom. The Labute approximate surface area is 122 Å². The number of nitrogens with zero attached hydrogens (tertiary/aromatic N) is 2. The van der Waals surface area contributed by atoms with Crippen LogP contribution in [0.5, 0.6) is 0 Å². The number of rotatable bonds is 3. The van der Waals surface area contributed by atoms with Crippen molar-refractivity contribution >= 4 is 17.8 Å². The van der Waals surface area contributed by atoms with Gasteiger partial charge >= 0.3 is 5.97 Å². The van der Waals surface area contributed by atoms with Crippen LogP contribution in [0, 0.1) is 0 Å². The van der Waals surface area contributed by atoms with Gasteiger partial charge in [-0.25, -0.2) is 4.79 Å². The fraction of sp³-hybridized carbons (Fsp3) is 0.429. The summed E-state index contributed by atoms with van der Waals surface area (Å²) in [6.07, 6.45) is 2.96. The lowest BCUT2D eigenvalue weighted by Gasteiger charge is -2.33. The first-order chi connectivity index (χ1) is 9.99. The van der Waals surface area contributed by atoms with Crippen molar-refractivity contribution in [2.75, 3.05) is 13.1 Å². The van der Waals surface area contributed by atoms with Gasteiger partial charge in [-0.1, -0.05) is 0 Å². The number of aromatic nitrogens is 1. The predicted octanol–water partition coefficient (Wildman–Crippen LogP) is 0.520. The van der Waals surface area contributed by atoms with Crippen LogP contribution in [-0.4, -0.2) is 51.9 Å². The van der Waals surface area contributed by atoms with Crippen LogP contribution in [0.15, 0.2) is 18.3 Å². The van der Waals surface area contributed by atoms with Gasteiger partial charge in [0.1, 0.15) is 5.69 Å². The van der Waals surface area contributed by atoms with Gasteiger partial charge in [0.05, 0.1) is 5.56 Å². The second kappa shape index (κ2) is 6.34. The standard InChI is InChI=1S/C14H17N3O4/c1-9(18)16-10-4-3-7-17(8-10)13(19)12-11(14(20)21)5-2-6-15-12/h2,5-6,10H,3-4,7-8H2,1H3,(H,16,18)(H,20,21). The normalized spacial score (nSPS) is 18.1. The minimum Gasteiger partial charge on any atom is -0.478 e. The van der Waals surface area contributed by atoms with E-state index >= 15 is 0 Å². The monoisotopic (exact) mass is 291 g/mol. The first kappa shape index (κ1) is 15.0. The van der Waals surface area contributed by atoms with E-state index in [0.717, 1.165) is 12.8 Å². The SMILES string of the molecule is CC(=O)NC1CCCN(C(=O)c2ncccc2C(=O)O)C1. The fourth-order valence-electron chi connectivity index (χ4n) is 2.46. The minimum atomic E-state index is -1.18. The van der Waals surface area contributed by atoms with Crippen molar-refractivity contribution in [3.63, 3.8) is 0 Å². The summed E-state index contributed by atoms with van der Waals surface area (Å²) in [6, 6.07) is 2.74. The number of aromatic carboxylic acids is 1. The molecule has 2 rings (SSSR count). The highest BCUT2D eigenvalue weighted by Gasteiger charge is 2.28. The Morgan fingerprint density at radius 3 is 2.86 bits per heavy atom. The smallest absolute Gasteiger partial charge is 0.338 e. The number of pyridine rings is 1. The van der Waals surface area contributed by atoms with Crippen molar-refractivity contribution in [1.82, 2.24) is 15.2 Å². The van der Waals surface area contributed by atoms with E-state index in [9.17, 15) is 14.4 Å². The molecule has 7 nitrogen and oxygen atoms in total. The summed E-state index contributed by atoms with van der Waals surface area (Å²) in [6.45, 7) is 2.33. The zero-order valence-electron chi connectivity index (χ0n) is 11.7. The van der Waals surface area contributed by atoms with Crippen LogP contribution in [0.3, 0.4) is 0 Å². The highest BCUT2D eigenvalue weighted by atomic mass is 16.4. The summed E-state index contributed by atoms with van der Waals surface area (Å²) in [4.78, 5) is 40.1. The fourth-order valence-corrected chi connectivity index (χ4v) is 2.46. The van der Waals surface area contributed by atoms with Crippen LogP contribution in [0.4, 0.5) is 0 Å². The van der Waals surface area contributed by atoms with Crippen LogP contribution >= 0.6 is 0 Å². The van der Waals surface area contributed by atoms with E-state index in [2.05, 4.69) is 10.3 Å². The molecule has 2 heterocycles. The highest BCUT2D eigenvalue weighted by Crippen LogP contribution is 2.15. The van der Waals surface area contributed by atoms with Crippen molar-refractivity contribution < 1.29 is 19.5 Å². The molecule has 0 saturated carbocycles. The van der Waals surface area contributed by atoms with E-state index in [0.29, 0.717) is 13.1 Å². The summed E-state index contributed by atoms with van der Waals surface area (Å²) in [7, 11) is 0. The Hall–Kier alpha value is -2.44. The van der Waals surface area contributed by atoms with Gasteiger partial charge in [-0.2, -0.15) is 0 Å². The van der Waals surface area contributed by atoms with Crippen LogP contribution in [-0.2, 0) is 4.79 Å². The van der Waals surface area contributed by atoms with Crippen molar-refractivity contribution in [1.29, 1.82) is 0 Å². The van der Waals surface area contributed by atoms with Crippen molar-refractivity contribution in [2.24, 2.45) is 0 Å². The molecule has 0 aliphatic carbocycles. The molecule has 7 heteroatoms. The molecule has 0 spiro atoms. The van der Waals surface area contributed by atoms with Gasteiger partial charge < -0.3 is 15.3 Å². The number of carbonyl (C=O) groups is 3. The van der Waals surface area contributed by atoms with Crippen LogP contribution in [0.1, 0.15) is 40.6 Å². The van der Waals surface area contributed by atoms with Crippen LogP contribution in [0.25, 0.3) is 0 Å². The Balaban J connectivity index is 2.16. The molecule has 2 amide bonds. The molecule has 1 aromatic heterocycles. The molecule has 1 atom stereocenters. The molecule has 1 aromatic rings. The average molecular weight is 291 g/mol. The zero-order chi connectivity index (χ0) is 15.4. The molecule has 1 saturated heterocycles. The van der Waals surface area contributed by atoms with E-state index in [1.54, 1.807) is 4.90 Å². The van der Waals surface area contributed by atoms with E-state index in [4.69, 9.17) is 5.11 Å². The number of piperidine rings is 1. The molecule has 1 fully saturated rings. The van der Waals surface area contributed by atoms with E-state index in [1.165, 1.54) is 25.3 Å². The number of likely N-dealkylation sites (tertiary alicyclic amines) is 1. The zero-order valence-corrected chi connectivity index (χ0v) is 11.7. The second-order valence-corrected chi connectivity index (χ2v) is 5.00. The first-order valence-electron chi connectivity index (χ1n) is 6.73. The van der Waals surface area contributed by atoms with Crippen LogP contribution < -0.4 is 5.32 Å². The van der Waals surface area contributed by atoms with Gasteiger partial charge in [-0.05, 0) is 25.0 Å². The van der Waals surface area contributed by atoms with Crippen molar-refractivity contribution in [2.45, 2.75) is 25.8 Å². The van der Waals surface area contributed by atoms with Gasteiger partial charge in [0.2, 0.25) is 5.91 Å². The molecule has 1 unspecified atom stereocenters. The maximum atomic E-state index is 12.4.